The molecule has 1 heterocycles. The largest absolute Gasteiger partial charge is 1.00 e. The fourth-order valence-corrected chi connectivity index (χ4v) is 3.29. The molecule has 0 saturated heterocycles. The van der Waals surface area contributed by atoms with Crippen LogP contribution in [0.5, 0.6) is 11.8 Å². The van der Waals surface area contributed by atoms with E-state index in [0.717, 1.165) is 7.11 Å². The molecule has 2 aromatic rings. The molecular weight excluding hydrogens is 469 g/mol. The third-order valence-corrected chi connectivity index (χ3v) is 4.87. The number of ether oxygens (including phenoxy) is 3. The van der Waals surface area contributed by atoms with Gasteiger partial charge in [0, 0.05) is 7.05 Å². The van der Waals surface area contributed by atoms with E-state index in [2.05, 4.69) is 25.3 Å². The van der Waals surface area contributed by atoms with Crippen LogP contribution in [-0.2, 0) is 19.6 Å². The predicted octanol–water partition coefficient (Wildman–Crippen LogP) is -2.42. The molecule has 0 fully saturated rings. The molecular formula is C18H24N5NaO8S. The zero-order valence-electron chi connectivity index (χ0n) is 20.0. The summed E-state index contributed by atoms with van der Waals surface area (Å²) >= 11 is 0. The standard InChI is InChI=1S/C16H18N4O7S.C2H5NO.Na.H/c1-9-5-6-10(14(21)27-4)11(7-9)28(23,24)20-16(22)19-15-17-12(25-2)8-13(18-15)26-3;1-3-2-4;;/h5-8H,1-4H3,(H2,17,18,19,20,22);2H,1H3,(H,3,4);;/q;;+1;-1. The van der Waals surface area contributed by atoms with Crippen molar-refractivity contribution in [3.63, 3.8) is 0 Å². The number of anilines is 1. The van der Waals surface area contributed by atoms with Crippen molar-refractivity contribution in [3.05, 3.63) is 35.4 Å². The zero-order chi connectivity index (χ0) is 24.3. The van der Waals surface area contributed by atoms with Gasteiger partial charge in [0.25, 0.3) is 10.0 Å². The molecule has 13 nitrogen and oxygen atoms in total. The maximum absolute atomic E-state index is 12.6. The Hall–Kier alpha value is -2.94. The number of sulfonamides is 1. The van der Waals surface area contributed by atoms with Crippen molar-refractivity contribution >= 4 is 34.4 Å². The van der Waals surface area contributed by atoms with E-state index in [9.17, 15) is 18.0 Å². The van der Waals surface area contributed by atoms with Gasteiger partial charge in [-0.3, -0.25) is 10.1 Å². The first-order valence-electron chi connectivity index (χ1n) is 8.72. The molecule has 2 rings (SSSR count). The molecule has 1 aromatic heterocycles. The molecule has 0 atom stereocenters. The number of urea groups is 1. The van der Waals surface area contributed by atoms with E-state index >= 15 is 0 Å². The van der Waals surface area contributed by atoms with Crippen LogP contribution in [0.3, 0.4) is 0 Å². The van der Waals surface area contributed by atoms with Gasteiger partial charge in [0.2, 0.25) is 24.1 Å². The van der Waals surface area contributed by atoms with Gasteiger partial charge >= 0.3 is 41.6 Å². The van der Waals surface area contributed by atoms with Crippen LogP contribution in [-0.4, -0.2) is 65.2 Å². The van der Waals surface area contributed by atoms with Gasteiger partial charge in [0.1, 0.15) is 4.90 Å². The molecule has 0 spiro atoms. The molecule has 33 heavy (non-hydrogen) atoms. The molecule has 1 aromatic carbocycles. The zero-order valence-corrected chi connectivity index (χ0v) is 21.8. The second kappa shape index (κ2) is 14.3. The molecule has 0 radical (unpaired) electrons. The number of aromatic nitrogens is 2. The van der Waals surface area contributed by atoms with Gasteiger partial charge < -0.3 is 21.0 Å². The first-order valence-corrected chi connectivity index (χ1v) is 10.2. The molecule has 3 amide bonds. The number of carbonyl (C=O) groups is 3. The quantitative estimate of drug-likeness (QED) is 0.214. The van der Waals surface area contributed by atoms with Gasteiger partial charge in [0.15, 0.2) is 0 Å². The van der Waals surface area contributed by atoms with Gasteiger partial charge in [-0.1, -0.05) is 6.07 Å². The Kier molecular flexibility index (Phi) is 13.0. The van der Waals surface area contributed by atoms with Crippen LogP contribution in [0.2, 0.25) is 0 Å². The molecule has 0 saturated carbocycles. The van der Waals surface area contributed by atoms with Crippen molar-refractivity contribution in [2.75, 3.05) is 33.7 Å². The van der Waals surface area contributed by atoms with Crippen LogP contribution in [0.1, 0.15) is 17.3 Å². The number of benzene rings is 1. The molecule has 15 heteroatoms. The number of methoxy groups -OCH3 is 3. The van der Waals surface area contributed by atoms with Gasteiger partial charge in [-0.05, 0) is 24.6 Å². The third kappa shape index (κ3) is 9.21. The summed E-state index contributed by atoms with van der Waals surface area (Å²) in [6.45, 7) is 1.64. The Balaban J connectivity index is 0. The Labute approximate surface area is 214 Å². The number of nitrogens with zero attached hydrogens (tertiary/aromatic N) is 2. The average Bonchev–Trinajstić information content (AvgIpc) is 2.77. The Morgan fingerprint density at radius 2 is 1.61 bits per heavy atom. The SMILES string of the molecule is CNC=O.COC(=O)c1ccc(C)cc1S(=O)(=O)NC(=O)Nc1nc(OC)cc(OC)n1.[H-].[Na+]. The summed E-state index contributed by atoms with van der Waals surface area (Å²) < 4.78 is 41.5. The predicted molar refractivity (Wildman–Crippen MR) is 113 cm³/mol. The van der Waals surface area contributed by atoms with Gasteiger partial charge in [-0.25, -0.2) is 22.7 Å². The summed E-state index contributed by atoms with van der Waals surface area (Å²) in [6, 6.07) is 4.31. The first-order chi connectivity index (χ1) is 15.1. The summed E-state index contributed by atoms with van der Waals surface area (Å²) in [5.41, 5.74) is 0.349. The summed E-state index contributed by atoms with van der Waals surface area (Å²) in [6.07, 6.45) is 0.625. The van der Waals surface area contributed by atoms with Crippen LogP contribution in [0, 0.1) is 6.92 Å². The maximum Gasteiger partial charge on any atom is 1.00 e. The smallest absolute Gasteiger partial charge is 1.00 e. The Bertz CT molecular complexity index is 1070. The number of carbonyl (C=O) groups excluding carboxylic acids is 3. The van der Waals surface area contributed by atoms with E-state index in [4.69, 9.17) is 14.3 Å². The number of nitrogens with one attached hydrogen (secondary N) is 3. The second-order valence-corrected chi connectivity index (χ2v) is 7.38. The number of rotatable bonds is 7. The molecule has 0 aliphatic heterocycles. The summed E-state index contributed by atoms with van der Waals surface area (Å²) in [7, 11) is 0.978. The number of hydrogen-bond donors (Lipinski definition) is 3. The maximum atomic E-state index is 12.6. The van der Waals surface area contributed by atoms with E-state index in [1.165, 1.54) is 32.4 Å². The fraction of sp³-hybridized carbons (Fsp3) is 0.278. The van der Waals surface area contributed by atoms with Crippen LogP contribution in [0.25, 0.3) is 0 Å². The van der Waals surface area contributed by atoms with E-state index < -0.39 is 26.9 Å². The third-order valence-electron chi connectivity index (χ3n) is 3.50. The van der Waals surface area contributed by atoms with Crippen LogP contribution >= 0.6 is 0 Å². The number of aryl methyl sites for hydroxylation is 1. The summed E-state index contributed by atoms with van der Waals surface area (Å²) in [5.74, 6) is -0.920. The minimum Gasteiger partial charge on any atom is -1.00 e. The molecule has 0 aliphatic carbocycles. The average molecular weight is 493 g/mol. The Morgan fingerprint density at radius 3 is 2.06 bits per heavy atom. The number of amides is 3. The van der Waals surface area contributed by atoms with E-state index in [1.807, 2.05) is 0 Å². The van der Waals surface area contributed by atoms with Crippen LogP contribution in [0.4, 0.5) is 10.7 Å². The first kappa shape index (κ1) is 30.1. The van der Waals surface area contributed by atoms with Crippen molar-refractivity contribution in [1.29, 1.82) is 0 Å². The van der Waals surface area contributed by atoms with E-state index in [-0.39, 0.29) is 54.3 Å². The van der Waals surface area contributed by atoms with Crippen molar-refractivity contribution in [2.24, 2.45) is 0 Å². The van der Waals surface area contributed by atoms with Crippen LogP contribution in [0.15, 0.2) is 29.2 Å². The topological polar surface area (TPSA) is 175 Å². The van der Waals surface area contributed by atoms with Crippen molar-refractivity contribution in [1.82, 2.24) is 20.0 Å². The molecule has 176 valence electrons. The van der Waals surface area contributed by atoms with E-state index in [1.54, 1.807) is 24.8 Å². The fourth-order valence-electron chi connectivity index (χ4n) is 2.10. The molecule has 0 bridgehead atoms. The summed E-state index contributed by atoms with van der Waals surface area (Å²) in [5, 5.41) is 4.42. The number of esters is 1. The Morgan fingerprint density at radius 1 is 1.06 bits per heavy atom. The molecule has 0 aliphatic rings. The molecule has 3 N–H and O–H groups in total. The van der Waals surface area contributed by atoms with Gasteiger partial charge in [0.05, 0.1) is 33.0 Å². The second-order valence-electron chi connectivity index (χ2n) is 5.73. The summed E-state index contributed by atoms with van der Waals surface area (Å²) in [4.78, 5) is 40.4. The minimum atomic E-state index is -4.40. The minimum absolute atomic E-state index is 0. The monoisotopic (exact) mass is 493 g/mol. The molecule has 0 unspecified atom stereocenters. The van der Waals surface area contributed by atoms with Gasteiger partial charge in [-0.2, -0.15) is 9.97 Å². The van der Waals surface area contributed by atoms with Crippen molar-refractivity contribution in [2.45, 2.75) is 11.8 Å². The van der Waals surface area contributed by atoms with Gasteiger partial charge in [-0.15, -0.1) is 0 Å². The normalized spacial score (nSPS) is 9.73. The van der Waals surface area contributed by atoms with E-state index in [0.29, 0.717) is 12.0 Å². The van der Waals surface area contributed by atoms with Crippen molar-refractivity contribution in [3.8, 4) is 11.8 Å². The van der Waals surface area contributed by atoms with Crippen LogP contribution < -0.4 is 54.4 Å². The van der Waals surface area contributed by atoms with Crippen molar-refractivity contribution < 1.29 is 68.0 Å². The number of hydrogen-bond acceptors (Lipinski definition) is 10.